The first-order valence-corrected chi connectivity index (χ1v) is 7.47. The smallest absolute Gasteiger partial charge is 0.251 e. The van der Waals surface area contributed by atoms with Crippen LogP contribution in [0.15, 0.2) is 61.2 Å². The van der Waals surface area contributed by atoms with Gasteiger partial charge >= 0.3 is 0 Å². The highest BCUT2D eigenvalue weighted by Crippen LogP contribution is 2.16. The maximum Gasteiger partial charge on any atom is 0.251 e. The first-order valence-electron chi connectivity index (χ1n) is 7.47. The second-order valence-corrected chi connectivity index (χ2v) is 5.18. The maximum absolute atomic E-state index is 12.1. The summed E-state index contributed by atoms with van der Waals surface area (Å²) in [5.74, 6) is -0.200. The molecule has 1 N–H and O–H groups in total. The zero-order chi connectivity index (χ0) is 16.8. The van der Waals surface area contributed by atoms with Gasteiger partial charge in [-0.3, -0.25) is 14.5 Å². The Morgan fingerprint density at radius 3 is 2.83 bits per heavy atom. The summed E-state index contributed by atoms with van der Waals surface area (Å²) < 4.78 is 1.78. The molecule has 0 aliphatic rings. The summed E-state index contributed by atoms with van der Waals surface area (Å²) in [4.78, 5) is 16.1. The van der Waals surface area contributed by atoms with Crippen molar-refractivity contribution in [3.05, 3.63) is 72.3 Å². The Morgan fingerprint density at radius 1 is 1.21 bits per heavy atom. The summed E-state index contributed by atoms with van der Waals surface area (Å²) in [5, 5.41) is 16.0. The van der Waals surface area contributed by atoms with Gasteiger partial charge in [0.2, 0.25) is 0 Å². The van der Waals surface area contributed by atoms with E-state index in [1.54, 1.807) is 47.5 Å². The van der Waals surface area contributed by atoms with Gasteiger partial charge in [0.05, 0.1) is 24.4 Å². The van der Waals surface area contributed by atoms with Gasteiger partial charge in [0.15, 0.2) is 0 Å². The van der Waals surface area contributed by atoms with Crippen LogP contribution in [0.2, 0.25) is 0 Å². The van der Waals surface area contributed by atoms with Crippen molar-refractivity contribution < 1.29 is 4.79 Å². The lowest BCUT2D eigenvalue weighted by atomic mass is 10.1. The molecule has 0 spiro atoms. The molecule has 0 unspecified atom stereocenters. The fraction of sp³-hybridized carbons (Fsp3) is 0.111. The first kappa shape index (κ1) is 15.4. The minimum absolute atomic E-state index is 0.200. The summed E-state index contributed by atoms with van der Waals surface area (Å²) in [5.41, 5.74) is 3.00. The quantitative estimate of drug-likeness (QED) is 0.782. The maximum atomic E-state index is 12.1. The van der Waals surface area contributed by atoms with E-state index in [1.165, 1.54) is 0 Å². The van der Waals surface area contributed by atoms with Crippen molar-refractivity contribution in [1.82, 2.24) is 20.1 Å². The Labute approximate surface area is 139 Å². The largest absolute Gasteiger partial charge is 0.350 e. The fourth-order valence-electron chi connectivity index (χ4n) is 2.30. The average Bonchev–Trinajstić information content (AvgIpc) is 3.11. The lowest BCUT2D eigenvalue weighted by Crippen LogP contribution is -2.27. The van der Waals surface area contributed by atoms with Crippen LogP contribution in [0.5, 0.6) is 0 Å². The minimum Gasteiger partial charge on any atom is -0.350 e. The van der Waals surface area contributed by atoms with Crippen molar-refractivity contribution in [2.75, 3.05) is 6.54 Å². The lowest BCUT2D eigenvalue weighted by molar-refractivity contribution is 0.0952. The van der Waals surface area contributed by atoms with Crippen molar-refractivity contribution in [3.8, 4) is 17.2 Å². The van der Waals surface area contributed by atoms with Crippen molar-refractivity contribution in [2.45, 2.75) is 6.54 Å². The van der Waals surface area contributed by atoms with E-state index in [0.717, 1.165) is 11.1 Å². The van der Waals surface area contributed by atoms with E-state index in [0.29, 0.717) is 24.2 Å². The molecule has 0 saturated heterocycles. The minimum atomic E-state index is -0.200. The summed E-state index contributed by atoms with van der Waals surface area (Å²) in [6, 6.07) is 12.5. The molecule has 0 fully saturated rings. The van der Waals surface area contributed by atoms with Crippen molar-refractivity contribution in [1.29, 1.82) is 5.26 Å². The van der Waals surface area contributed by atoms with Gasteiger partial charge in [-0.05, 0) is 35.9 Å². The van der Waals surface area contributed by atoms with Crippen LogP contribution in [0.1, 0.15) is 15.9 Å². The molecule has 0 aliphatic heterocycles. The van der Waals surface area contributed by atoms with Crippen LogP contribution in [0.25, 0.3) is 11.1 Å². The van der Waals surface area contributed by atoms with Gasteiger partial charge in [0, 0.05) is 36.3 Å². The Balaban J connectivity index is 1.56. The number of benzene rings is 1. The number of hydrogen-bond donors (Lipinski definition) is 1. The van der Waals surface area contributed by atoms with Crippen LogP contribution in [0.4, 0.5) is 0 Å². The number of nitrogens with zero attached hydrogens (tertiary/aromatic N) is 4. The normalized spacial score (nSPS) is 10.1. The van der Waals surface area contributed by atoms with E-state index < -0.39 is 0 Å². The monoisotopic (exact) mass is 317 g/mol. The van der Waals surface area contributed by atoms with Crippen molar-refractivity contribution in [3.63, 3.8) is 0 Å². The highest BCUT2D eigenvalue weighted by atomic mass is 16.1. The van der Waals surface area contributed by atoms with E-state index in [-0.39, 0.29) is 5.91 Å². The lowest BCUT2D eigenvalue weighted by Gasteiger charge is -2.05. The average molecular weight is 317 g/mol. The van der Waals surface area contributed by atoms with Crippen molar-refractivity contribution in [2.24, 2.45) is 0 Å². The van der Waals surface area contributed by atoms with E-state index >= 15 is 0 Å². The molecule has 3 aromatic rings. The number of nitriles is 1. The van der Waals surface area contributed by atoms with Gasteiger partial charge in [-0.1, -0.05) is 6.07 Å². The molecule has 2 aromatic heterocycles. The number of hydrogen-bond acceptors (Lipinski definition) is 4. The number of carbonyl (C=O) groups is 1. The zero-order valence-corrected chi connectivity index (χ0v) is 12.9. The second-order valence-electron chi connectivity index (χ2n) is 5.18. The van der Waals surface area contributed by atoms with Crippen LogP contribution in [-0.4, -0.2) is 27.2 Å². The van der Waals surface area contributed by atoms with E-state index in [2.05, 4.69) is 15.4 Å². The molecule has 6 nitrogen and oxygen atoms in total. The molecule has 6 heteroatoms. The summed E-state index contributed by atoms with van der Waals surface area (Å²) >= 11 is 0. The van der Waals surface area contributed by atoms with Crippen LogP contribution in [-0.2, 0) is 6.54 Å². The molecule has 0 saturated carbocycles. The Bertz CT molecular complexity index is 880. The van der Waals surface area contributed by atoms with Crippen LogP contribution in [0.3, 0.4) is 0 Å². The number of rotatable bonds is 5. The SMILES string of the molecule is N#Cc1cccc(C(=O)NCCn2cc(-c3ccncc3)cn2)c1. The summed E-state index contributed by atoms with van der Waals surface area (Å²) in [6.07, 6.45) is 7.19. The van der Waals surface area contributed by atoms with Gasteiger partial charge in [0.25, 0.3) is 5.91 Å². The zero-order valence-electron chi connectivity index (χ0n) is 12.9. The molecule has 0 radical (unpaired) electrons. The molecule has 24 heavy (non-hydrogen) atoms. The Hall–Kier alpha value is -3.46. The molecule has 1 aromatic carbocycles. The Morgan fingerprint density at radius 2 is 2.04 bits per heavy atom. The van der Waals surface area contributed by atoms with E-state index in [4.69, 9.17) is 5.26 Å². The molecule has 0 aliphatic carbocycles. The van der Waals surface area contributed by atoms with E-state index in [9.17, 15) is 4.79 Å². The topological polar surface area (TPSA) is 83.6 Å². The third-order valence-electron chi connectivity index (χ3n) is 3.53. The number of aromatic nitrogens is 3. The molecular formula is C18H15N5O. The molecule has 0 bridgehead atoms. The van der Waals surface area contributed by atoms with Gasteiger partial charge in [-0.2, -0.15) is 10.4 Å². The number of carbonyl (C=O) groups excluding carboxylic acids is 1. The molecular weight excluding hydrogens is 302 g/mol. The standard InChI is InChI=1S/C18H15N5O/c19-11-14-2-1-3-16(10-14)18(24)21-8-9-23-13-17(12-22-23)15-4-6-20-7-5-15/h1-7,10,12-13H,8-9H2,(H,21,24). The third-order valence-corrected chi connectivity index (χ3v) is 3.53. The number of amides is 1. The highest BCUT2D eigenvalue weighted by molar-refractivity contribution is 5.94. The highest BCUT2D eigenvalue weighted by Gasteiger charge is 2.06. The molecule has 2 heterocycles. The van der Waals surface area contributed by atoms with Gasteiger partial charge in [-0.15, -0.1) is 0 Å². The van der Waals surface area contributed by atoms with E-state index in [1.807, 2.05) is 24.4 Å². The molecule has 3 rings (SSSR count). The second kappa shape index (κ2) is 7.20. The molecule has 1 amide bonds. The number of pyridine rings is 1. The van der Waals surface area contributed by atoms with Gasteiger partial charge in [-0.25, -0.2) is 0 Å². The third kappa shape index (κ3) is 3.65. The number of nitrogens with one attached hydrogen (secondary N) is 1. The summed E-state index contributed by atoms with van der Waals surface area (Å²) in [6.45, 7) is 1.02. The van der Waals surface area contributed by atoms with Crippen molar-refractivity contribution >= 4 is 5.91 Å². The van der Waals surface area contributed by atoms with Gasteiger partial charge < -0.3 is 5.32 Å². The van der Waals surface area contributed by atoms with Gasteiger partial charge in [0.1, 0.15) is 0 Å². The van der Waals surface area contributed by atoms with Crippen LogP contribution in [0, 0.1) is 11.3 Å². The predicted molar refractivity (Wildman–Crippen MR) is 88.9 cm³/mol. The summed E-state index contributed by atoms with van der Waals surface area (Å²) in [7, 11) is 0. The predicted octanol–water partition coefficient (Wildman–Crippen LogP) is 2.25. The molecule has 118 valence electrons. The Kier molecular flexibility index (Phi) is 4.63. The van der Waals surface area contributed by atoms with Crippen LogP contribution < -0.4 is 5.32 Å². The fourth-order valence-corrected chi connectivity index (χ4v) is 2.30. The molecule has 0 atom stereocenters. The first-order chi connectivity index (χ1) is 11.8. The van der Waals surface area contributed by atoms with Crippen LogP contribution >= 0.6 is 0 Å².